The average Bonchev–Trinajstić information content (AvgIpc) is 2.57. The van der Waals surface area contributed by atoms with Gasteiger partial charge in [0.05, 0.1) is 22.5 Å². The minimum atomic E-state index is 0.157. The van der Waals surface area contributed by atoms with Gasteiger partial charge in [0.2, 0.25) is 0 Å². The highest BCUT2D eigenvalue weighted by atomic mass is 79.9. The van der Waals surface area contributed by atoms with Crippen LogP contribution in [0.25, 0.3) is 0 Å². The van der Waals surface area contributed by atoms with Crippen molar-refractivity contribution in [2.45, 2.75) is 19.9 Å². The highest BCUT2D eigenvalue weighted by molar-refractivity contribution is 9.10. The molecule has 1 aromatic heterocycles. The van der Waals surface area contributed by atoms with Gasteiger partial charge in [-0.15, -0.1) is 6.58 Å². The summed E-state index contributed by atoms with van der Waals surface area (Å²) in [5.74, 6) is 0. The van der Waals surface area contributed by atoms with Crippen LogP contribution in [0, 0.1) is 0 Å². The largest absolute Gasteiger partial charge is 0.395 e. The second-order valence-corrected chi connectivity index (χ2v) is 4.72. The maximum atomic E-state index is 9.02. The van der Waals surface area contributed by atoms with Crippen molar-refractivity contribution in [1.29, 1.82) is 0 Å². The first-order valence-corrected chi connectivity index (χ1v) is 6.57. The number of aliphatic hydroxyl groups is 1. The van der Waals surface area contributed by atoms with E-state index in [2.05, 4.69) is 39.4 Å². The normalized spacial score (nSPS) is 11.1. The van der Waals surface area contributed by atoms with Gasteiger partial charge in [-0.25, -0.2) is 0 Å². The van der Waals surface area contributed by atoms with Gasteiger partial charge in [-0.2, -0.15) is 5.10 Å². The first kappa shape index (κ1) is 14.4. The van der Waals surface area contributed by atoms with Crippen molar-refractivity contribution < 1.29 is 5.11 Å². The van der Waals surface area contributed by atoms with Crippen LogP contribution in [0.4, 0.5) is 0 Å². The predicted octanol–water partition coefficient (Wildman–Crippen LogP) is 1.73. The van der Waals surface area contributed by atoms with Crippen LogP contribution in [0.1, 0.15) is 18.3 Å². The van der Waals surface area contributed by atoms with Crippen LogP contribution < -0.4 is 0 Å². The Kier molecular flexibility index (Phi) is 5.88. The molecule has 0 fully saturated rings. The van der Waals surface area contributed by atoms with Crippen LogP contribution in [0.15, 0.2) is 17.1 Å². The number of aromatic nitrogens is 2. The molecular weight excluding hydrogens is 282 g/mol. The fraction of sp³-hybridized carbons (Fsp3) is 0.583. The smallest absolute Gasteiger partial charge is 0.0767 e. The molecule has 5 heteroatoms. The zero-order valence-electron chi connectivity index (χ0n) is 10.5. The summed E-state index contributed by atoms with van der Waals surface area (Å²) < 4.78 is 2.98. The molecule has 0 aliphatic rings. The van der Waals surface area contributed by atoms with Crippen molar-refractivity contribution in [1.82, 2.24) is 14.7 Å². The van der Waals surface area contributed by atoms with E-state index >= 15 is 0 Å². The van der Waals surface area contributed by atoms with Gasteiger partial charge in [0.15, 0.2) is 0 Å². The molecule has 0 aliphatic heterocycles. The molecule has 1 heterocycles. The lowest BCUT2D eigenvalue weighted by molar-refractivity contribution is 0.200. The van der Waals surface area contributed by atoms with E-state index in [1.54, 1.807) is 0 Å². The minimum absolute atomic E-state index is 0.157. The Hall–Kier alpha value is -0.650. The standard InChI is InChI=1S/C12H20BrN3O/c1-4-6-16(7-8-17)9-11-12(13)10(5-2)14-15(11)3/h4,17H,1,5-9H2,2-3H3. The molecule has 1 rings (SSSR count). The molecule has 0 saturated carbocycles. The van der Waals surface area contributed by atoms with Gasteiger partial charge in [0, 0.05) is 26.7 Å². The minimum Gasteiger partial charge on any atom is -0.395 e. The highest BCUT2D eigenvalue weighted by Gasteiger charge is 2.15. The Balaban J connectivity index is 2.84. The summed E-state index contributed by atoms with van der Waals surface area (Å²) >= 11 is 3.59. The monoisotopic (exact) mass is 301 g/mol. The van der Waals surface area contributed by atoms with E-state index in [-0.39, 0.29) is 6.61 Å². The fourth-order valence-corrected chi connectivity index (χ4v) is 2.50. The van der Waals surface area contributed by atoms with Gasteiger partial charge < -0.3 is 5.11 Å². The number of halogens is 1. The molecule has 0 unspecified atom stereocenters. The Morgan fingerprint density at radius 1 is 1.59 bits per heavy atom. The first-order valence-electron chi connectivity index (χ1n) is 5.78. The van der Waals surface area contributed by atoms with Crippen LogP contribution in [0.2, 0.25) is 0 Å². The number of rotatable bonds is 7. The van der Waals surface area contributed by atoms with Crippen LogP contribution in [0.5, 0.6) is 0 Å². The molecule has 1 N–H and O–H groups in total. The van der Waals surface area contributed by atoms with Gasteiger partial charge in [0.25, 0.3) is 0 Å². The van der Waals surface area contributed by atoms with Crippen molar-refractivity contribution in [2.24, 2.45) is 7.05 Å². The first-order chi connectivity index (χ1) is 8.13. The van der Waals surface area contributed by atoms with Gasteiger partial charge in [0.1, 0.15) is 0 Å². The number of aryl methyl sites for hydroxylation is 2. The van der Waals surface area contributed by atoms with E-state index in [1.165, 1.54) is 0 Å². The summed E-state index contributed by atoms with van der Waals surface area (Å²) in [5, 5.41) is 13.5. The molecule has 96 valence electrons. The second kappa shape index (κ2) is 6.93. The van der Waals surface area contributed by atoms with E-state index < -0.39 is 0 Å². The van der Waals surface area contributed by atoms with E-state index in [0.717, 1.165) is 35.4 Å². The van der Waals surface area contributed by atoms with Gasteiger partial charge in [-0.3, -0.25) is 9.58 Å². The van der Waals surface area contributed by atoms with Gasteiger partial charge in [-0.05, 0) is 22.4 Å². The molecule has 0 amide bonds. The van der Waals surface area contributed by atoms with Crippen molar-refractivity contribution in [2.75, 3.05) is 19.7 Å². The average molecular weight is 302 g/mol. The fourth-order valence-electron chi connectivity index (χ4n) is 1.76. The molecule has 0 bridgehead atoms. The summed E-state index contributed by atoms with van der Waals surface area (Å²) in [5.41, 5.74) is 2.21. The Labute approximate surface area is 111 Å². The van der Waals surface area contributed by atoms with Crippen LogP contribution in [-0.2, 0) is 20.0 Å². The molecule has 0 aliphatic carbocycles. The molecule has 0 saturated heterocycles. The summed E-state index contributed by atoms with van der Waals surface area (Å²) in [6.07, 6.45) is 2.76. The number of aliphatic hydroxyl groups excluding tert-OH is 1. The molecule has 4 nitrogen and oxygen atoms in total. The summed E-state index contributed by atoms with van der Waals surface area (Å²) in [6.45, 7) is 8.15. The zero-order valence-corrected chi connectivity index (χ0v) is 12.1. The van der Waals surface area contributed by atoms with Crippen molar-refractivity contribution in [3.8, 4) is 0 Å². The molecule has 0 spiro atoms. The quantitative estimate of drug-likeness (QED) is 0.780. The van der Waals surface area contributed by atoms with Crippen molar-refractivity contribution in [3.05, 3.63) is 28.5 Å². The van der Waals surface area contributed by atoms with Gasteiger partial charge >= 0.3 is 0 Å². The maximum absolute atomic E-state index is 9.02. The third-order valence-electron chi connectivity index (χ3n) is 2.68. The number of hydrogen-bond acceptors (Lipinski definition) is 3. The molecule has 0 atom stereocenters. The Bertz CT molecular complexity index is 376. The Morgan fingerprint density at radius 2 is 2.29 bits per heavy atom. The van der Waals surface area contributed by atoms with E-state index in [4.69, 9.17) is 5.11 Å². The molecular formula is C12H20BrN3O. The van der Waals surface area contributed by atoms with Crippen LogP contribution in [0.3, 0.4) is 0 Å². The van der Waals surface area contributed by atoms with Crippen molar-refractivity contribution >= 4 is 15.9 Å². The molecule has 0 aromatic carbocycles. The number of hydrogen-bond donors (Lipinski definition) is 1. The van der Waals surface area contributed by atoms with Gasteiger partial charge in [-0.1, -0.05) is 13.0 Å². The predicted molar refractivity (Wildman–Crippen MR) is 72.8 cm³/mol. The lowest BCUT2D eigenvalue weighted by Crippen LogP contribution is -2.27. The van der Waals surface area contributed by atoms with E-state index in [0.29, 0.717) is 6.54 Å². The highest BCUT2D eigenvalue weighted by Crippen LogP contribution is 2.22. The molecule has 17 heavy (non-hydrogen) atoms. The van der Waals surface area contributed by atoms with Crippen molar-refractivity contribution in [3.63, 3.8) is 0 Å². The second-order valence-electron chi connectivity index (χ2n) is 3.93. The summed E-state index contributed by atoms with van der Waals surface area (Å²) in [7, 11) is 1.95. The molecule has 0 radical (unpaired) electrons. The van der Waals surface area contributed by atoms with Crippen LogP contribution >= 0.6 is 15.9 Å². The lowest BCUT2D eigenvalue weighted by atomic mass is 10.3. The summed E-state index contributed by atoms with van der Waals surface area (Å²) in [6, 6.07) is 0. The lowest BCUT2D eigenvalue weighted by Gasteiger charge is -2.19. The van der Waals surface area contributed by atoms with Crippen LogP contribution in [-0.4, -0.2) is 39.5 Å². The Morgan fingerprint density at radius 3 is 2.76 bits per heavy atom. The maximum Gasteiger partial charge on any atom is 0.0767 e. The van der Waals surface area contributed by atoms with E-state index in [9.17, 15) is 0 Å². The molecule has 1 aromatic rings. The van der Waals surface area contributed by atoms with E-state index in [1.807, 2.05) is 17.8 Å². The zero-order chi connectivity index (χ0) is 12.8. The number of nitrogens with zero attached hydrogens (tertiary/aromatic N) is 3. The third kappa shape index (κ3) is 3.66. The summed E-state index contributed by atoms with van der Waals surface area (Å²) in [4.78, 5) is 2.13. The SMILES string of the molecule is C=CCN(CCO)Cc1c(Br)c(CC)nn1C. The topological polar surface area (TPSA) is 41.3 Å². The third-order valence-corrected chi connectivity index (χ3v) is 3.60.